The first kappa shape index (κ1) is 14.6. The largest absolute Gasteiger partial charge is 0.487 e. The number of benzene rings is 2. The molecule has 20 heavy (non-hydrogen) atoms. The Balaban J connectivity index is 2.17. The molecule has 1 amide bonds. The van der Waals surface area contributed by atoms with Gasteiger partial charge in [0.15, 0.2) is 0 Å². The van der Waals surface area contributed by atoms with Gasteiger partial charge in [-0.05, 0) is 52.9 Å². The lowest BCUT2D eigenvalue weighted by Gasteiger charge is -2.11. The first-order chi connectivity index (χ1) is 9.70. The predicted octanol–water partition coefficient (Wildman–Crippen LogP) is 4.11. The third kappa shape index (κ3) is 3.84. The third-order valence-electron chi connectivity index (χ3n) is 2.58. The highest BCUT2D eigenvalue weighted by molar-refractivity contribution is 14.1. The summed E-state index contributed by atoms with van der Waals surface area (Å²) < 4.78 is 6.53. The second-order valence-corrected chi connectivity index (χ2v) is 5.31. The minimum absolute atomic E-state index is 0.154. The molecule has 0 aliphatic rings. The molecule has 0 aromatic heterocycles. The normalized spacial score (nSPS) is 9.85. The van der Waals surface area contributed by atoms with Gasteiger partial charge >= 0.3 is 0 Å². The number of carbonyl (C=O) groups excluding carboxylic acids is 1. The molecule has 0 unspecified atom stereocenters. The molecule has 0 aliphatic heterocycles. The van der Waals surface area contributed by atoms with Crippen molar-refractivity contribution in [1.82, 2.24) is 0 Å². The zero-order valence-electron chi connectivity index (χ0n) is 10.8. The number of para-hydroxylation sites is 2. The molecule has 4 heteroatoms. The second-order valence-electron chi connectivity index (χ2n) is 4.06. The van der Waals surface area contributed by atoms with Crippen LogP contribution >= 0.6 is 22.6 Å². The van der Waals surface area contributed by atoms with Crippen LogP contribution in [-0.4, -0.2) is 12.5 Å². The molecule has 0 radical (unpaired) electrons. The van der Waals surface area contributed by atoms with Crippen molar-refractivity contribution in [2.24, 2.45) is 0 Å². The van der Waals surface area contributed by atoms with Gasteiger partial charge in [-0.2, -0.15) is 0 Å². The Kier molecular flexibility index (Phi) is 5.17. The van der Waals surface area contributed by atoms with E-state index in [1.807, 2.05) is 42.5 Å². The summed E-state index contributed by atoms with van der Waals surface area (Å²) >= 11 is 2.18. The van der Waals surface area contributed by atoms with Crippen LogP contribution < -0.4 is 10.1 Å². The molecular formula is C16H14INO2. The molecule has 3 nitrogen and oxygen atoms in total. The van der Waals surface area contributed by atoms with Crippen LogP contribution in [0.2, 0.25) is 0 Å². The van der Waals surface area contributed by atoms with E-state index in [1.165, 1.54) is 0 Å². The summed E-state index contributed by atoms with van der Waals surface area (Å²) in [5.41, 5.74) is 1.27. The number of rotatable bonds is 5. The van der Waals surface area contributed by atoms with E-state index in [4.69, 9.17) is 4.74 Å². The minimum atomic E-state index is -0.154. The van der Waals surface area contributed by atoms with Gasteiger partial charge in [-0.3, -0.25) is 4.79 Å². The molecule has 0 aliphatic carbocycles. The standard InChI is InChI=1S/C16H14INO2/c1-2-10-20-15-9-4-3-8-14(15)18-16(19)12-6-5-7-13(17)11-12/h2-9,11H,1,10H2,(H,18,19). The van der Waals surface area contributed by atoms with Gasteiger partial charge in [-0.25, -0.2) is 0 Å². The van der Waals surface area contributed by atoms with E-state index in [-0.39, 0.29) is 5.91 Å². The topological polar surface area (TPSA) is 38.3 Å². The van der Waals surface area contributed by atoms with Crippen LogP contribution in [-0.2, 0) is 0 Å². The van der Waals surface area contributed by atoms with Crippen LogP contribution in [0.5, 0.6) is 5.75 Å². The number of hydrogen-bond donors (Lipinski definition) is 1. The summed E-state index contributed by atoms with van der Waals surface area (Å²) in [7, 11) is 0. The van der Waals surface area contributed by atoms with Gasteiger partial charge in [0.05, 0.1) is 5.69 Å². The fourth-order valence-electron chi connectivity index (χ4n) is 1.67. The number of anilines is 1. The molecule has 2 aromatic carbocycles. The Morgan fingerprint density at radius 1 is 1.25 bits per heavy atom. The van der Waals surface area contributed by atoms with Crippen molar-refractivity contribution < 1.29 is 9.53 Å². The summed E-state index contributed by atoms with van der Waals surface area (Å²) in [6.07, 6.45) is 1.66. The Hall–Kier alpha value is -1.82. The van der Waals surface area contributed by atoms with Crippen molar-refractivity contribution in [3.8, 4) is 5.75 Å². The third-order valence-corrected chi connectivity index (χ3v) is 3.25. The lowest BCUT2D eigenvalue weighted by atomic mass is 10.2. The van der Waals surface area contributed by atoms with E-state index in [0.717, 1.165) is 3.57 Å². The van der Waals surface area contributed by atoms with E-state index in [0.29, 0.717) is 23.6 Å². The summed E-state index contributed by atoms with van der Waals surface area (Å²) in [5, 5.41) is 2.86. The average molecular weight is 379 g/mol. The molecule has 0 bridgehead atoms. The smallest absolute Gasteiger partial charge is 0.255 e. The van der Waals surface area contributed by atoms with Gasteiger partial charge < -0.3 is 10.1 Å². The van der Waals surface area contributed by atoms with Crippen LogP contribution in [0.3, 0.4) is 0 Å². The number of nitrogens with one attached hydrogen (secondary N) is 1. The van der Waals surface area contributed by atoms with Gasteiger partial charge in [0, 0.05) is 9.13 Å². The first-order valence-corrected chi connectivity index (χ1v) is 7.18. The average Bonchev–Trinajstić information content (AvgIpc) is 2.46. The van der Waals surface area contributed by atoms with Gasteiger partial charge in [-0.15, -0.1) is 0 Å². The molecule has 0 atom stereocenters. The molecule has 102 valence electrons. The maximum Gasteiger partial charge on any atom is 0.255 e. The van der Waals surface area contributed by atoms with Crippen molar-refractivity contribution in [3.63, 3.8) is 0 Å². The molecule has 2 rings (SSSR count). The molecule has 1 N–H and O–H groups in total. The van der Waals surface area contributed by atoms with Crippen LogP contribution in [0.1, 0.15) is 10.4 Å². The maximum absolute atomic E-state index is 12.2. The highest BCUT2D eigenvalue weighted by atomic mass is 127. The number of halogens is 1. The first-order valence-electron chi connectivity index (χ1n) is 6.10. The lowest BCUT2D eigenvalue weighted by Crippen LogP contribution is -2.13. The van der Waals surface area contributed by atoms with Gasteiger partial charge in [-0.1, -0.05) is 30.9 Å². The van der Waals surface area contributed by atoms with Crippen molar-refractivity contribution in [2.75, 3.05) is 11.9 Å². The summed E-state index contributed by atoms with van der Waals surface area (Å²) in [5.74, 6) is 0.476. The van der Waals surface area contributed by atoms with Gasteiger partial charge in [0.2, 0.25) is 0 Å². The molecule has 0 saturated carbocycles. The zero-order chi connectivity index (χ0) is 14.4. The van der Waals surface area contributed by atoms with Gasteiger partial charge in [0.1, 0.15) is 12.4 Å². The molecule has 0 heterocycles. The monoisotopic (exact) mass is 379 g/mol. The van der Waals surface area contributed by atoms with Crippen molar-refractivity contribution >= 4 is 34.2 Å². The Morgan fingerprint density at radius 2 is 2.05 bits per heavy atom. The maximum atomic E-state index is 12.2. The van der Waals surface area contributed by atoms with E-state index >= 15 is 0 Å². The van der Waals surface area contributed by atoms with Crippen molar-refractivity contribution in [2.45, 2.75) is 0 Å². The molecule has 2 aromatic rings. The molecule has 0 saturated heterocycles. The summed E-state index contributed by atoms with van der Waals surface area (Å²) in [4.78, 5) is 12.2. The van der Waals surface area contributed by atoms with Crippen molar-refractivity contribution in [1.29, 1.82) is 0 Å². The Morgan fingerprint density at radius 3 is 2.80 bits per heavy atom. The van der Waals surface area contributed by atoms with Crippen LogP contribution in [0, 0.1) is 3.57 Å². The van der Waals surface area contributed by atoms with Crippen molar-refractivity contribution in [3.05, 3.63) is 70.3 Å². The van der Waals surface area contributed by atoms with E-state index < -0.39 is 0 Å². The number of hydrogen-bond acceptors (Lipinski definition) is 2. The van der Waals surface area contributed by atoms with Crippen LogP contribution in [0.4, 0.5) is 5.69 Å². The van der Waals surface area contributed by atoms with Crippen LogP contribution in [0.15, 0.2) is 61.2 Å². The van der Waals surface area contributed by atoms with Gasteiger partial charge in [0.25, 0.3) is 5.91 Å². The Bertz CT molecular complexity index is 625. The van der Waals surface area contributed by atoms with E-state index in [1.54, 1.807) is 12.1 Å². The zero-order valence-corrected chi connectivity index (χ0v) is 13.0. The fraction of sp³-hybridized carbons (Fsp3) is 0.0625. The number of amides is 1. The number of ether oxygens (including phenoxy) is 1. The highest BCUT2D eigenvalue weighted by Crippen LogP contribution is 2.24. The molecule has 0 spiro atoms. The fourth-order valence-corrected chi connectivity index (χ4v) is 2.21. The minimum Gasteiger partial charge on any atom is -0.487 e. The lowest BCUT2D eigenvalue weighted by molar-refractivity contribution is 0.102. The number of carbonyl (C=O) groups is 1. The summed E-state index contributed by atoms with van der Waals surface area (Å²) in [6, 6.07) is 14.8. The second kappa shape index (κ2) is 7.09. The Labute approximate surface area is 131 Å². The predicted molar refractivity (Wildman–Crippen MR) is 89.2 cm³/mol. The highest BCUT2D eigenvalue weighted by Gasteiger charge is 2.09. The molecule has 0 fully saturated rings. The van der Waals surface area contributed by atoms with E-state index in [9.17, 15) is 4.79 Å². The van der Waals surface area contributed by atoms with Crippen LogP contribution in [0.25, 0.3) is 0 Å². The summed E-state index contributed by atoms with van der Waals surface area (Å²) in [6.45, 7) is 4.01. The van der Waals surface area contributed by atoms with E-state index in [2.05, 4.69) is 34.5 Å². The SMILES string of the molecule is C=CCOc1ccccc1NC(=O)c1cccc(I)c1. The molecular weight excluding hydrogens is 365 g/mol. The quantitative estimate of drug-likeness (QED) is 0.627.